The Morgan fingerprint density at radius 1 is 1.11 bits per heavy atom. The maximum absolute atomic E-state index is 12.0. The molecule has 0 saturated carbocycles. The lowest BCUT2D eigenvalue weighted by Gasteiger charge is -2.15. The lowest BCUT2D eigenvalue weighted by atomic mass is 10.2. The van der Waals surface area contributed by atoms with Crippen LogP contribution in [-0.2, 0) is 9.59 Å². The summed E-state index contributed by atoms with van der Waals surface area (Å²) >= 11 is 0. The van der Waals surface area contributed by atoms with E-state index in [1.165, 1.54) is 17.7 Å². The SMILES string of the molecule is CCCCCNC1CC(=O)N(CCCCC)C1=O. The largest absolute Gasteiger partial charge is 0.305 e. The Hall–Kier alpha value is -0.900. The van der Waals surface area contributed by atoms with E-state index in [0.717, 1.165) is 32.2 Å². The maximum Gasteiger partial charge on any atom is 0.246 e. The summed E-state index contributed by atoms with van der Waals surface area (Å²) in [6.07, 6.45) is 6.86. The van der Waals surface area contributed by atoms with Gasteiger partial charge in [-0.2, -0.15) is 0 Å². The zero-order chi connectivity index (χ0) is 13.4. The van der Waals surface area contributed by atoms with Gasteiger partial charge in [-0.05, 0) is 19.4 Å². The van der Waals surface area contributed by atoms with Crippen molar-refractivity contribution >= 4 is 11.8 Å². The molecule has 0 aromatic carbocycles. The Bertz CT molecular complexity index is 279. The molecule has 0 aromatic rings. The first-order chi connectivity index (χ1) is 8.70. The molecule has 1 heterocycles. The number of likely N-dealkylation sites (tertiary alicyclic amines) is 1. The molecule has 1 fully saturated rings. The molecule has 18 heavy (non-hydrogen) atoms. The average Bonchev–Trinajstić information content (AvgIpc) is 2.62. The number of rotatable bonds is 9. The predicted octanol–water partition coefficient (Wildman–Crippen LogP) is 2.08. The second-order valence-corrected chi connectivity index (χ2v) is 5.01. The van der Waals surface area contributed by atoms with Crippen LogP contribution >= 0.6 is 0 Å². The second kappa shape index (κ2) is 8.25. The van der Waals surface area contributed by atoms with Crippen LogP contribution in [0, 0.1) is 0 Å². The quantitative estimate of drug-likeness (QED) is 0.506. The zero-order valence-corrected chi connectivity index (χ0v) is 11.7. The molecule has 0 radical (unpaired) electrons. The minimum Gasteiger partial charge on any atom is -0.305 e. The van der Waals surface area contributed by atoms with Gasteiger partial charge in [-0.3, -0.25) is 14.5 Å². The van der Waals surface area contributed by atoms with Crippen LogP contribution in [-0.4, -0.2) is 35.8 Å². The molecule has 1 saturated heterocycles. The first-order valence-electron chi connectivity index (χ1n) is 7.28. The summed E-state index contributed by atoms with van der Waals surface area (Å²) in [6, 6.07) is -0.268. The number of carbonyl (C=O) groups is 2. The Morgan fingerprint density at radius 3 is 2.44 bits per heavy atom. The van der Waals surface area contributed by atoms with E-state index in [2.05, 4.69) is 19.2 Å². The van der Waals surface area contributed by atoms with E-state index in [9.17, 15) is 9.59 Å². The van der Waals surface area contributed by atoms with Crippen LogP contribution in [0.2, 0.25) is 0 Å². The number of carbonyl (C=O) groups excluding carboxylic acids is 2. The molecule has 4 nitrogen and oxygen atoms in total. The predicted molar refractivity (Wildman–Crippen MR) is 72.2 cm³/mol. The van der Waals surface area contributed by atoms with Gasteiger partial charge in [-0.15, -0.1) is 0 Å². The van der Waals surface area contributed by atoms with Crippen LogP contribution in [0.1, 0.15) is 58.8 Å². The van der Waals surface area contributed by atoms with E-state index in [1.54, 1.807) is 0 Å². The number of nitrogens with zero attached hydrogens (tertiary/aromatic N) is 1. The van der Waals surface area contributed by atoms with Crippen molar-refractivity contribution in [1.82, 2.24) is 10.2 Å². The number of hydrogen-bond donors (Lipinski definition) is 1. The highest BCUT2D eigenvalue weighted by Gasteiger charge is 2.37. The maximum atomic E-state index is 12.0. The molecule has 1 aliphatic rings. The van der Waals surface area contributed by atoms with Crippen molar-refractivity contribution in [2.24, 2.45) is 0 Å². The normalized spacial score (nSPS) is 19.9. The topological polar surface area (TPSA) is 49.4 Å². The van der Waals surface area contributed by atoms with E-state index in [0.29, 0.717) is 13.0 Å². The van der Waals surface area contributed by atoms with Gasteiger partial charge in [0.05, 0.1) is 12.5 Å². The molecular weight excluding hydrogens is 228 g/mol. The molecule has 0 spiro atoms. The molecule has 1 atom stereocenters. The first-order valence-corrected chi connectivity index (χ1v) is 7.28. The van der Waals surface area contributed by atoms with Crippen molar-refractivity contribution in [2.45, 2.75) is 64.8 Å². The summed E-state index contributed by atoms with van der Waals surface area (Å²) in [5.41, 5.74) is 0. The minimum absolute atomic E-state index is 0.0101. The third kappa shape index (κ3) is 4.41. The van der Waals surface area contributed by atoms with Crippen molar-refractivity contribution < 1.29 is 9.59 Å². The molecule has 1 rings (SSSR count). The first kappa shape index (κ1) is 15.2. The molecule has 1 aliphatic heterocycles. The van der Waals surface area contributed by atoms with Gasteiger partial charge >= 0.3 is 0 Å². The van der Waals surface area contributed by atoms with Crippen molar-refractivity contribution in [1.29, 1.82) is 0 Å². The monoisotopic (exact) mass is 254 g/mol. The third-order valence-electron chi connectivity index (χ3n) is 3.40. The summed E-state index contributed by atoms with van der Waals surface area (Å²) < 4.78 is 0. The van der Waals surface area contributed by atoms with Crippen molar-refractivity contribution in [3.8, 4) is 0 Å². The molecular formula is C14H26N2O2. The summed E-state index contributed by atoms with van der Waals surface area (Å²) in [5.74, 6) is -0.0308. The summed E-state index contributed by atoms with van der Waals surface area (Å²) in [7, 11) is 0. The summed E-state index contributed by atoms with van der Waals surface area (Å²) in [6.45, 7) is 5.70. The van der Waals surface area contributed by atoms with Gasteiger partial charge in [0.2, 0.25) is 11.8 Å². The molecule has 104 valence electrons. The highest BCUT2D eigenvalue weighted by Crippen LogP contribution is 2.14. The number of unbranched alkanes of at least 4 members (excludes halogenated alkanes) is 4. The van der Waals surface area contributed by atoms with Gasteiger partial charge in [-0.1, -0.05) is 39.5 Å². The van der Waals surface area contributed by atoms with E-state index >= 15 is 0 Å². The number of nitrogens with one attached hydrogen (secondary N) is 1. The van der Waals surface area contributed by atoms with Gasteiger partial charge in [0.15, 0.2) is 0 Å². The number of hydrogen-bond acceptors (Lipinski definition) is 3. The Balaban J connectivity index is 2.31. The van der Waals surface area contributed by atoms with Gasteiger partial charge in [0.1, 0.15) is 0 Å². The fourth-order valence-corrected chi connectivity index (χ4v) is 2.25. The van der Waals surface area contributed by atoms with Gasteiger partial charge in [-0.25, -0.2) is 0 Å². The smallest absolute Gasteiger partial charge is 0.246 e. The van der Waals surface area contributed by atoms with Crippen molar-refractivity contribution in [2.75, 3.05) is 13.1 Å². The minimum atomic E-state index is -0.268. The Kier molecular flexibility index (Phi) is 6.94. The molecule has 0 aliphatic carbocycles. The number of imide groups is 1. The Labute approximate surface area is 110 Å². The summed E-state index contributed by atoms with van der Waals surface area (Å²) in [4.78, 5) is 25.2. The fraction of sp³-hybridized carbons (Fsp3) is 0.857. The Morgan fingerprint density at radius 2 is 1.78 bits per heavy atom. The van der Waals surface area contributed by atoms with Crippen LogP contribution < -0.4 is 5.32 Å². The van der Waals surface area contributed by atoms with E-state index < -0.39 is 0 Å². The van der Waals surface area contributed by atoms with E-state index in [4.69, 9.17) is 0 Å². The lowest BCUT2D eigenvalue weighted by Crippen LogP contribution is -2.39. The van der Waals surface area contributed by atoms with Crippen LogP contribution in [0.25, 0.3) is 0 Å². The molecule has 1 N–H and O–H groups in total. The van der Waals surface area contributed by atoms with Crippen LogP contribution in [0.4, 0.5) is 0 Å². The highest BCUT2D eigenvalue weighted by molar-refractivity contribution is 6.05. The van der Waals surface area contributed by atoms with Gasteiger partial charge in [0, 0.05) is 6.54 Å². The molecule has 1 unspecified atom stereocenters. The zero-order valence-electron chi connectivity index (χ0n) is 11.7. The van der Waals surface area contributed by atoms with Crippen LogP contribution in [0.15, 0.2) is 0 Å². The average molecular weight is 254 g/mol. The lowest BCUT2D eigenvalue weighted by molar-refractivity contribution is -0.138. The molecule has 0 bridgehead atoms. The fourth-order valence-electron chi connectivity index (χ4n) is 2.25. The molecule has 0 aromatic heterocycles. The molecule has 2 amide bonds. The highest BCUT2D eigenvalue weighted by atomic mass is 16.2. The van der Waals surface area contributed by atoms with E-state index in [1.807, 2.05) is 0 Å². The van der Waals surface area contributed by atoms with Crippen molar-refractivity contribution in [3.05, 3.63) is 0 Å². The number of amides is 2. The van der Waals surface area contributed by atoms with E-state index in [-0.39, 0.29) is 17.9 Å². The summed E-state index contributed by atoms with van der Waals surface area (Å²) in [5, 5.41) is 3.20. The third-order valence-corrected chi connectivity index (χ3v) is 3.40. The molecule has 4 heteroatoms. The van der Waals surface area contributed by atoms with Crippen molar-refractivity contribution in [3.63, 3.8) is 0 Å². The van der Waals surface area contributed by atoms with Crippen LogP contribution in [0.5, 0.6) is 0 Å². The second-order valence-electron chi connectivity index (χ2n) is 5.01. The standard InChI is InChI=1S/C14H26N2O2/c1-3-5-7-9-15-12-11-13(17)16(14(12)18)10-8-6-4-2/h12,15H,3-11H2,1-2H3. The van der Waals surface area contributed by atoms with Crippen LogP contribution in [0.3, 0.4) is 0 Å². The van der Waals surface area contributed by atoms with Gasteiger partial charge in [0.25, 0.3) is 0 Å². The van der Waals surface area contributed by atoms with Gasteiger partial charge < -0.3 is 5.32 Å².